The predicted molar refractivity (Wildman–Crippen MR) is 252 cm³/mol. The van der Waals surface area contributed by atoms with Gasteiger partial charge in [0.1, 0.15) is 0 Å². The highest BCUT2D eigenvalue weighted by Gasteiger charge is 2.25. The Hall–Kier alpha value is -2.18. The minimum atomic E-state index is 0. The lowest BCUT2D eigenvalue weighted by Crippen LogP contribution is -2.50. The van der Waals surface area contributed by atoms with Crippen molar-refractivity contribution in [1.29, 1.82) is 0 Å². The Labute approximate surface area is 360 Å². The van der Waals surface area contributed by atoms with E-state index in [9.17, 15) is 9.59 Å². The van der Waals surface area contributed by atoms with Crippen molar-refractivity contribution >= 4 is 11.9 Å². The van der Waals surface area contributed by atoms with Crippen LogP contribution in [0, 0.1) is 0 Å². The molecule has 6 aliphatic rings. The van der Waals surface area contributed by atoms with Crippen LogP contribution >= 0.6 is 0 Å². The molecule has 0 unspecified atom stereocenters. The fourth-order valence-electron chi connectivity index (χ4n) is 7.58. The molecule has 0 bridgehead atoms. The molecule has 58 heavy (non-hydrogen) atoms. The first kappa shape index (κ1) is 55.8. The average Bonchev–Trinajstić information content (AvgIpc) is 3.82. The molecule has 6 saturated heterocycles. The Morgan fingerprint density at radius 2 is 0.948 bits per heavy atom. The number of piperidine rings is 2. The molecule has 0 aliphatic carbocycles. The molecule has 0 aromatic heterocycles. The summed E-state index contributed by atoms with van der Waals surface area (Å²) in [5.41, 5.74) is 3.02. The Kier molecular flexibility index (Phi) is 26.6. The molecule has 0 radical (unpaired) electrons. The SMILES string of the molecule is C.C=C1CN(C(C)(C)C)CCN1.C=C1CN(C)CC(=O)N1.CC(C)(C)N1CCCCC1.CC(C)(C)N1CCCCC1.CC(C)N1CCCC1.CC(C)N1CCNC1=O. The number of nitrogens with zero attached hydrogens (tertiary/aromatic N) is 6. The van der Waals surface area contributed by atoms with Crippen molar-refractivity contribution in [2.45, 2.75) is 178 Å². The van der Waals surface area contributed by atoms with Crippen molar-refractivity contribution in [1.82, 2.24) is 45.3 Å². The number of nitrogens with one attached hydrogen (secondary N) is 3. The van der Waals surface area contributed by atoms with Gasteiger partial charge in [0.15, 0.2) is 0 Å². The fraction of sp³-hybridized carbons (Fsp3) is 0.872. The molecule has 6 aliphatic heterocycles. The number of hydrogen-bond donors (Lipinski definition) is 3. The summed E-state index contributed by atoms with van der Waals surface area (Å²) in [5, 5.41) is 8.62. The minimum absolute atomic E-state index is 0. The molecule has 0 atom stereocenters. The van der Waals surface area contributed by atoms with Gasteiger partial charge >= 0.3 is 6.03 Å². The first-order valence-electron chi connectivity index (χ1n) is 22.5. The molecule has 342 valence electrons. The lowest BCUT2D eigenvalue weighted by Gasteiger charge is -2.39. The van der Waals surface area contributed by atoms with Gasteiger partial charge in [-0.3, -0.25) is 24.4 Å². The van der Waals surface area contributed by atoms with Crippen molar-refractivity contribution in [2.24, 2.45) is 0 Å². The molecule has 6 fully saturated rings. The Balaban J connectivity index is 0.000000671. The number of likely N-dealkylation sites (tertiary alicyclic amines) is 3. The second-order valence-corrected chi connectivity index (χ2v) is 20.2. The van der Waals surface area contributed by atoms with Crippen LogP contribution in [0.3, 0.4) is 0 Å². The van der Waals surface area contributed by atoms with Crippen LogP contribution in [-0.4, -0.2) is 162 Å². The van der Waals surface area contributed by atoms with Gasteiger partial charge in [-0.2, -0.15) is 0 Å². The number of amides is 3. The van der Waals surface area contributed by atoms with E-state index >= 15 is 0 Å². The summed E-state index contributed by atoms with van der Waals surface area (Å²) in [6, 6.07) is 1.19. The first-order chi connectivity index (χ1) is 26.4. The van der Waals surface area contributed by atoms with Crippen LogP contribution in [0.2, 0.25) is 0 Å². The second-order valence-electron chi connectivity index (χ2n) is 20.2. The maximum atomic E-state index is 10.8. The van der Waals surface area contributed by atoms with Crippen molar-refractivity contribution < 1.29 is 9.59 Å². The van der Waals surface area contributed by atoms with Gasteiger partial charge in [-0.05, 0) is 175 Å². The standard InChI is InChI=1S/C9H18N2.2C9H19N.C7H15N.C6H10N2O.C6H12N2O.CH4/c1-8-7-11(6-5-10-8)9(2,3)4;2*1-9(2,3)10-7-5-4-6-8-10;1-7(2)8-5-3-4-6-8;1-5-3-8(2)4-6(9)7-5;1-5(2)8-4-3-7-6(8)9;/h10H,1,5-7H2,2-4H3;2*4-8H2,1-3H3;7H,3-6H2,1-2H3;1,3-4H2,2H3,(H,7,9);5H,3-4H2,1-2H3,(H,7,9);1H4. The van der Waals surface area contributed by atoms with E-state index < -0.39 is 0 Å². The molecule has 3 N–H and O–H groups in total. The number of rotatable bonds is 2. The molecule has 0 aromatic carbocycles. The van der Waals surface area contributed by atoms with Crippen LogP contribution in [0.25, 0.3) is 0 Å². The quantitative estimate of drug-likeness (QED) is 0.260. The molecule has 6 rings (SSSR count). The molecular weight excluding hydrogens is 723 g/mol. The summed E-state index contributed by atoms with van der Waals surface area (Å²) in [7, 11) is 1.89. The third-order valence-electron chi connectivity index (χ3n) is 11.3. The molecular formula is C47H97N9O2. The van der Waals surface area contributed by atoms with E-state index in [1.54, 1.807) is 0 Å². The molecule has 6 heterocycles. The topological polar surface area (TPSA) is 89.7 Å². The van der Waals surface area contributed by atoms with E-state index in [0.717, 1.165) is 56.7 Å². The highest BCUT2D eigenvalue weighted by Crippen LogP contribution is 2.20. The van der Waals surface area contributed by atoms with Crippen molar-refractivity contribution in [2.75, 3.05) is 92.1 Å². The third-order valence-corrected chi connectivity index (χ3v) is 11.3. The summed E-state index contributed by atoms with van der Waals surface area (Å²) in [6.45, 7) is 50.7. The number of piperazine rings is 2. The molecule has 11 nitrogen and oxygen atoms in total. The van der Waals surface area contributed by atoms with Gasteiger partial charge in [0.05, 0.1) is 6.54 Å². The van der Waals surface area contributed by atoms with Gasteiger partial charge in [0, 0.05) is 79.4 Å². The third kappa shape index (κ3) is 24.2. The maximum Gasteiger partial charge on any atom is 0.317 e. The summed E-state index contributed by atoms with van der Waals surface area (Å²) < 4.78 is 0. The van der Waals surface area contributed by atoms with E-state index in [2.05, 4.69) is 125 Å². The van der Waals surface area contributed by atoms with Gasteiger partial charge in [-0.15, -0.1) is 0 Å². The highest BCUT2D eigenvalue weighted by molar-refractivity contribution is 5.80. The second kappa shape index (κ2) is 27.6. The van der Waals surface area contributed by atoms with Crippen LogP contribution in [-0.2, 0) is 4.79 Å². The number of carbonyl (C=O) groups excluding carboxylic acids is 2. The molecule has 0 aromatic rings. The lowest BCUT2D eigenvalue weighted by molar-refractivity contribution is -0.122. The van der Waals surface area contributed by atoms with E-state index in [4.69, 9.17) is 0 Å². The minimum Gasteiger partial charge on any atom is -0.386 e. The van der Waals surface area contributed by atoms with Crippen molar-refractivity contribution in [3.63, 3.8) is 0 Å². The van der Waals surface area contributed by atoms with Crippen molar-refractivity contribution in [3.05, 3.63) is 24.6 Å². The van der Waals surface area contributed by atoms with Crippen LogP contribution in [0.1, 0.15) is 149 Å². The molecule has 3 amide bonds. The zero-order valence-corrected chi connectivity index (χ0v) is 39.9. The Morgan fingerprint density at radius 1 is 0.517 bits per heavy atom. The molecule has 0 spiro atoms. The van der Waals surface area contributed by atoms with Crippen LogP contribution in [0.15, 0.2) is 24.6 Å². The zero-order chi connectivity index (χ0) is 43.4. The number of likely N-dealkylation sites (N-methyl/N-ethyl adjacent to an activating group) is 1. The zero-order valence-electron chi connectivity index (χ0n) is 39.9. The summed E-state index contributed by atoms with van der Waals surface area (Å²) in [5.74, 6) is 0.0359. The van der Waals surface area contributed by atoms with E-state index in [-0.39, 0.29) is 24.9 Å². The average molecular weight is 820 g/mol. The number of urea groups is 1. The van der Waals surface area contributed by atoms with Gasteiger partial charge in [0.2, 0.25) is 5.91 Å². The number of carbonyl (C=O) groups is 2. The molecule has 11 heteroatoms. The van der Waals surface area contributed by atoms with E-state index in [1.807, 2.05) is 30.7 Å². The lowest BCUT2D eigenvalue weighted by atomic mass is 10.0. The summed E-state index contributed by atoms with van der Waals surface area (Å²) in [4.78, 5) is 35.4. The van der Waals surface area contributed by atoms with Crippen LogP contribution in [0.4, 0.5) is 4.79 Å². The summed E-state index contributed by atoms with van der Waals surface area (Å²) in [6.07, 6.45) is 11.3. The number of hydrogen-bond acceptors (Lipinski definition) is 8. The van der Waals surface area contributed by atoms with Gasteiger partial charge in [-0.1, -0.05) is 33.4 Å². The van der Waals surface area contributed by atoms with Gasteiger partial charge < -0.3 is 25.8 Å². The van der Waals surface area contributed by atoms with E-state index in [1.165, 1.54) is 90.6 Å². The smallest absolute Gasteiger partial charge is 0.317 e. The Bertz CT molecular complexity index is 1110. The first-order valence-corrected chi connectivity index (χ1v) is 22.5. The Morgan fingerprint density at radius 3 is 1.21 bits per heavy atom. The van der Waals surface area contributed by atoms with Gasteiger partial charge in [-0.25, -0.2) is 4.79 Å². The summed E-state index contributed by atoms with van der Waals surface area (Å²) >= 11 is 0. The molecule has 0 saturated carbocycles. The fourth-order valence-corrected chi connectivity index (χ4v) is 7.58. The van der Waals surface area contributed by atoms with Crippen molar-refractivity contribution in [3.8, 4) is 0 Å². The highest BCUT2D eigenvalue weighted by atomic mass is 16.2. The normalized spacial score (nSPS) is 21.6. The predicted octanol–water partition coefficient (Wildman–Crippen LogP) is 7.85. The van der Waals surface area contributed by atoms with E-state index in [0.29, 0.717) is 23.7 Å². The van der Waals surface area contributed by atoms with Crippen LogP contribution < -0.4 is 16.0 Å². The maximum absolute atomic E-state index is 10.8. The van der Waals surface area contributed by atoms with Crippen LogP contribution in [0.5, 0.6) is 0 Å². The van der Waals surface area contributed by atoms with Gasteiger partial charge in [0.25, 0.3) is 0 Å². The largest absolute Gasteiger partial charge is 0.386 e. The monoisotopic (exact) mass is 820 g/mol.